The van der Waals surface area contributed by atoms with Gasteiger partial charge >= 0.3 is 0 Å². The van der Waals surface area contributed by atoms with Crippen LogP contribution < -0.4 is 11.5 Å². The first kappa shape index (κ1) is 14.5. The lowest BCUT2D eigenvalue weighted by Crippen LogP contribution is -2.14. The van der Waals surface area contributed by atoms with Crippen LogP contribution in [-0.4, -0.2) is 5.91 Å². The zero-order valence-electron chi connectivity index (χ0n) is 9.76. The molecule has 1 amide bonds. The van der Waals surface area contributed by atoms with Crippen LogP contribution in [0.5, 0.6) is 0 Å². The first-order chi connectivity index (χ1) is 8.41. The molecule has 0 aromatic heterocycles. The van der Waals surface area contributed by atoms with Crippen molar-refractivity contribution in [3.63, 3.8) is 0 Å². The van der Waals surface area contributed by atoms with Crippen LogP contribution in [0.4, 0.5) is 13.2 Å². The quantitative estimate of drug-likeness (QED) is 0.607. The highest BCUT2D eigenvalue weighted by molar-refractivity contribution is 5.73. The number of hydrogen-bond donors (Lipinski definition) is 2. The number of unbranched alkanes of at least 4 members (excludes halogenated alkanes) is 1. The van der Waals surface area contributed by atoms with Gasteiger partial charge < -0.3 is 11.5 Å². The summed E-state index contributed by atoms with van der Waals surface area (Å²) in [4.78, 5) is 10.5. The molecule has 0 fully saturated rings. The number of primary amides is 1. The zero-order valence-corrected chi connectivity index (χ0v) is 9.76. The summed E-state index contributed by atoms with van der Waals surface area (Å²) in [5.41, 5.74) is 10.6. The molecule has 1 aromatic rings. The van der Waals surface area contributed by atoms with Crippen LogP contribution in [0.2, 0.25) is 0 Å². The minimum atomic E-state index is -1.24. The highest BCUT2D eigenvalue weighted by Gasteiger charge is 2.15. The van der Waals surface area contributed by atoms with Crippen LogP contribution in [0.25, 0.3) is 0 Å². The van der Waals surface area contributed by atoms with E-state index in [0.717, 1.165) is 6.07 Å². The van der Waals surface area contributed by atoms with Crippen molar-refractivity contribution in [1.82, 2.24) is 0 Å². The summed E-state index contributed by atoms with van der Waals surface area (Å²) in [6.45, 7) is 0. The Balaban J connectivity index is 2.58. The van der Waals surface area contributed by atoms with E-state index in [1.54, 1.807) is 0 Å². The van der Waals surface area contributed by atoms with Gasteiger partial charge in [-0.2, -0.15) is 0 Å². The van der Waals surface area contributed by atoms with Crippen LogP contribution in [0, 0.1) is 17.5 Å². The van der Waals surface area contributed by atoms with Crippen LogP contribution in [-0.2, 0) is 4.79 Å². The van der Waals surface area contributed by atoms with E-state index >= 15 is 0 Å². The Morgan fingerprint density at radius 3 is 2.33 bits per heavy atom. The van der Waals surface area contributed by atoms with Gasteiger partial charge in [0.1, 0.15) is 5.82 Å². The van der Waals surface area contributed by atoms with Crippen molar-refractivity contribution >= 4 is 5.91 Å². The van der Waals surface area contributed by atoms with Crippen LogP contribution in [0.1, 0.15) is 37.3 Å². The number of carbonyl (C=O) groups is 1. The van der Waals surface area contributed by atoms with Crippen molar-refractivity contribution in [2.24, 2.45) is 11.5 Å². The molecular formula is C12H15F3N2O. The van der Waals surface area contributed by atoms with Gasteiger partial charge in [-0.25, -0.2) is 13.2 Å². The minimum Gasteiger partial charge on any atom is -0.370 e. The Kier molecular flexibility index (Phi) is 5.15. The Morgan fingerprint density at radius 2 is 1.72 bits per heavy atom. The lowest BCUT2D eigenvalue weighted by atomic mass is 10.0. The SMILES string of the molecule is NC(=O)CCCCC(N)c1cc(F)c(F)cc1F. The lowest BCUT2D eigenvalue weighted by Gasteiger charge is -2.13. The lowest BCUT2D eigenvalue weighted by molar-refractivity contribution is -0.118. The van der Waals surface area contributed by atoms with Gasteiger partial charge in [0.05, 0.1) is 0 Å². The van der Waals surface area contributed by atoms with E-state index in [1.807, 2.05) is 0 Å². The molecule has 18 heavy (non-hydrogen) atoms. The van der Waals surface area contributed by atoms with Crippen molar-refractivity contribution in [3.05, 3.63) is 35.1 Å². The Labute approximate surface area is 103 Å². The van der Waals surface area contributed by atoms with Crippen LogP contribution >= 0.6 is 0 Å². The highest BCUT2D eigenvalue weighted by Crippen LogP contribution is 2.22. The smallest absolute Gasteiger partial charge is 0.217 e. The zero-order chi connectivity index (χ0) is 13.7. The van der Waals surface area contributed by atoms with Gasteiger partial charge in [0.25, 0.3) is 0 Å². The summed E-state index contributed by atoms with van der Waals surface area (Å²) in [5.74, 6) is -3.64. The van der Waals surface area contributed by atoms with Crippen LogP contribution in [0.3, 0.4) is 0 Å². The van der Waals surface area contributed by atoms with E-state index in [2.05, 4.69) is 0 Å². The third-order valence-corrected chi connectivity index (χ3v) is 2.63. The summed E-state index contributed by atoms with van der Waals surface area (Å²) in [5, 5.41) is 0. The number of carbonyl (C=O) groups excluding carboxylic acids is 1. The monoisotopic (exact) mass is 260 g/mol. The maximum atomic E-state index is 13.4. The molecule has 1 aromatic carbocycles. The van der Waals surface area contributed by atoms with Gasteiger partial charge in [0.2, 0.25) is 5.91 Å². The molecule has 3 nitrogen and oxygen atoms in total. The predicted molar refractivity (Wildman–Crippen MR) is 60.9 cm³/mol. The maximum absolute atomic E-state index is 13.4. The predicted octanol–water partition coefficient (Wildman–Crippen LogP) is 2.15. The van der Waals surface area contributed by atoms with E-state index in [-0.39, 0.29) is 12.0 Å². The van der Waals surface area contributed by atoms with Crippen molar-refractivity contribution in [2.45, 2.75) is 31.7 Å². The second-order valence-electron chi connectivity index (χ2n) is 4.11. The van der Waals surface area contributed by atoms with E-state index in [4.69, 9.17) is 11.5 Å². The molecule has 1 atom stereocenters. The molecular weight excluding hydrogens is 245 g/mol. The summed E-state index contributed by atoms with van der Waals surface area (Å²) in [6.07, 6.45) is 1.69. The first-order valence-corrected chi connectivity index (χ1v) is 5.60. The maximum Gasteiger partial charge on any atom is 0.217 e. The summed E-state index contributed by atoms with van der Waals surface area (Å²) < 4.78 is 39.0. The average Bonchev–Trinajstić information content (AvgIpc) is 2.28. The molecule has 6 heteroatoms. The van der Waals surface area contributed by atoms with Gasteiger partial charge in [-0.3, -0.25) is 4.79 Å². The molecule has 1 unspecified atom stereocenters. The number of rotatable bonds is 6. The van der Waals surface area contributed by atoms with E-state index in [1.165, 1.54) is 0 Å². The molecule has 0 saturated heterocycles. The standard InChI is InChI=1S/C12H15F3N2O/c13-8-6-10(15)9(14)5-7(8)11(16)3-1-2-4-12(17)18/h5-6,11H,1-4,16H2,(H2,17,18). The fraction of sp³-hybridized carbons (Fsp3) is 0.417. The summed E-state index contributed by atoms with van der Waals surface area (Å²) in [7, 11) is 0. The second kappa shape index (κ2) is 6.39. The second-order valence-corrected chi connectivity index (χ2v) is 4.11. The van der Waals surface area contributed by atoms with Gasteiger partial charge in [-0.15, -0.1) is 0 Å². The first-order valence-electron chi connectivity index (χ1n) is 5.60. The Bertz CT molecular complexity index is 438. The topological polar surface area (TPSA) is 69.1 Å². The van der Waals surface area contributed by atoms with Gasteiger partial charge in [-0.05, 0) is 18.9 Å². The fourth-order valence-electron chi connectivity index (χ4n) is 1.64. The van der Waals surface area contributed by atoms with Crippen molar-refractivity contribution < 1.29 is 18.0 Å². The van der Waals surface area contributed by atoms with Crippen molar-refractivity contribution in [2.75, 3.05) is 0 Å². The number of halogens is 3. The van der Waals surface area contributed by atoms with Gasteiger partial charge in [0, 0.05) is 24.1 Å². The van der Waals surface area contributed by atoms with Gasteiger partial charge in [-0.1, -0.05) is 6.42 Å². The molecule has 0 aliphatic carbocycles. The molecule has 0 bridgehead atoms. The summed E-state index contributed by atoms with van der Waals surface area (Å²) >= 11 is 0. The third kappa shape index (κ3) is 4.03. The number of amides is 1. The molecule has 100 valence electrons. The Morgan fingerprint density at radius 1 is 1.11 bits per heavy atom. The van der Waals surface area contributed by atoms with Crippen LogP contribution in [0.15, 0.2) is 12.1 Å². The normalized spacial score (nSPS) is 12.4. The van der Waals surface area contributed by atoms with Gasteiger partial charge in [0.15, 0.2) is 11.6 Å². The number of benzene rings is 1. The van der Waals surface area contributed by atoms with E-state index in [9.17, 15) is 18.0 Å². The summed E-state index contributed by atoms with van der Waals surface area (Å²) in [6, 6.07) is 0.519. The molecule has 0 spiro atoms. The average molecular weight is 260 g/mol. The largest absolute Gasteiger partial charge is 0.370 e. The molecule has 0 aliphatic rings. The highest BCUT2D eigenvalue weighted by atomic mass is 19.2. The number of hydrogen-bond acceptors (Lipinski definition) is 2. The molecule has 0 aliphatic heterocycles. The molecule has 0 radical (unpaired) electrons. The van der Waals surface area contributed by atoms with E-state index < -0.39 is 29.4 Å². The fourth-order valence-corrected chi connectivity index (χ4v) is 1.64. The van der Waals surface area contributed by atoms with Crippen molar-refractivity contribution in [3.8, 4) is 0 Å². The Hall–Kier alpha value is -1.56. The molecule has 4 N–H and O–H groups in total. The molecule has 0 heterocycles. The van der Waals surface area contributed by atoms with E-state index in [0.29, 0.717) is 25.3 Å². The third-order valence-electron chi connectivity index (χ3n) is 2.63. The molecule has 1 rings (SSSR count). The molecule has 0 saturated carbocycles. The number of nitrogens with two attached hydrogens (primary N) is 2. The van der Waals surface area contributed by atoms with Crippen molar-refractivity contribution in [1.29, 1.82) is 0 Å². The minimum absolute atomic E-state index is 0.0621.